The first-order valence-corrected chi connectivity index (χ1v) is 12.2. The monoisotopic (exact) mass is 482 g/mol. The third-order valence-corrected chi connectivity index (χ3v) is 6.44. The van der Waals surface area contributed by atoms with Gasteiger partial charge in [0.2, 0.25) is 0 Å². The van der Waals surface area contributed by atoms with Crippen LogP contribution in [-0.4, -0.2) is 24.7 Å². The van der Waals surface area contributed by atoms with Crippen molar-refractivity contribution in [1.82, 2.24) is 15.4 Å². The van der Waals surface area contributed by atoms with Crippen molar-refractivity contribution >= 4 is 27.7 Å². The Balaban J connectivity index is 1.48. The molecule has 35 heavy (non-hydrogen) atoms. The molecule has 0 aliphatic carbocycles. The average Bonchev–Trinajstić information content (AvgIpc) is 2.89. The zero-order valence-electron chi connectivity index (χ0n) is 18.6. The van der Waals surface area contributed by atoms with Crippen LogP contribution in [0.15, 0.2) is 113 Å². The Kier molecular flexibility index (Phi) is 7.35. The number of pyridine rings is 1. The van der Waals surface area contributed by atoms with E-state index in [0.29, 0.717) is 23.5 Å². The number of nitrogens with zero attached hydrogens (tertiary/aromatic N) is 4. The number of nitriles is 1. The Morgan fingerprint density at radius 2 is 1.69 bits per heavy atom. The highest BCUT2D eigenvalue weighted by atomic mass is 32.2. The summed E-state index contributed by atoms with van der Waals surface area (Å²) in [6.45, 7) is 0.392. The zero-order chi connectivity index (χ0) is 24.5. The summed E-state index contributed by atoms with van der Waals surface area (Å²) in [5.41, 5.74) is 5.90. The van der Waals surface area contributed by atoms with E-state index in [4.69, 9.17) is 5.26 Å². The lowest BCUT2D eigenvalue weighted by molar-refractivity contribution is 0.369. The number of aromatic nitrogens is 1. The van der Waals surface area contributed by atoms with E-state index in [1.54, 1.807) is 54.9 Å². The SMILES string of the molecule is N#CNN(/C=N\c1ccc(NS(=O)(=O)c2ccccc2-c2ccccc2)cc1)Cc1cccnc1. The number of hydrazine groups is 1. The first-order valence-electron chi connectivity index (χ1n) is 10.7. The zero-order valence-corrected chi connectivity index (χ0v) is 19.4. The van der Waals surface area contributed by atoms with Gasteiger partial charge in [-0.25, -0.2) is 18.8 Å². The number of hydrogen-bond acceptors (Lipinski definition) is 6. The van der Waals surface area contributed by atoms with E-state index in [2.05, 4.69) is 20.1 Å². The van der Waals surface area contributed by atoms with Crippen molar-refractivity contribution in [2.45, 2.75) is 11.4 Å². The second-order valence-corrected chi connectivity index (χ2v) is 9.12. The molecule has 1 aromatic heterocycles. The minimum absolute atomic E-state index is 0.196. The fraction of sp³-hybridized carbons (Fsp3) is 0.0385. The van der Waals surface area contributed by atoms with Crippen molar-refractivity contribution in [3.63, 3.8) is 0 Å². The van der Waals surface area contributed by atoms with Gasteiger partial charge in [0.15, 0.2) is 6.19 Å². The van der Waals surface area contributed by atoms with Gasteiger partial charge in [0, 0.05) is 23.6 Å². The molecule has 1 heterocycles. The maximum absolute atomic E-state index is 13.1. The number of aliphatic imine (C=N–C) groups is 1. The molecule has 0 radical (unpaired) electrons. The van der Waals surface area contributed by atoms with E-state index in [0.717, 1.165) is 11.1 Å². The van der Waals surface area contributed by atoms with Gasteiger partial charge in [0.25, 0.3) is 10.0 Å². The number of rotatable bonds is 9. The van der Waals surface area contributed by atoms with Crippen LogP contribution in [0.25, 0.3) is 11.1 Å². The molecule has 8 nitrogen and oxygen atoms in total. The maximum atomic E-state index is 13.1. The summed E-state index contributed by atoms with van der Waals surface area (Å²) in [4.78, 5) is 8.62. The third-order valence-electron chi connectivity index (χ3n) is 5.00. The quantitative estimate of drug-likeness (QED) is 0.118. The number of sulfonamides is 1. The van der Waals surface area contributed by atoms with Crippen LogP contribution in [0.3, 0.4) is 0 Å². The highest BCUT2D eigenvalue weighted by Gasteiger charge is 2.19. The lowest BCUT2D eigenvalue weighted by Gasteiger charge is -2.16. The molecule has 0 bridgehead atoms. The lowest BCUT2D eigenvalue weighted by atomic mass is 10.1. The molecule has 0 saturated heterocycles. The van der Waals surface area contributed by atoms with Crippen LogP contribution in [0.1, 0.15) is 5.56 Å². The second-order valence-electron chi connectivity index (χ2n) is 7.47. The highest BCUT2D eigenvalue weighted by Crippen LogP contribution is 2.29. The lowest BCUT2D eigenvalue weighted by Crippen LogP contribution is -2.32. The normalized spacial score (nSPS) is 11.1. The molecule has 0 aliphatic heterocycles. The molecular formula is C26H22N6O2S. The Morgan fingerprint density at radius 3 is 2.40 bits per heavy atom. The van der Waals surface area contributed by atoms with Gasteiger partial charge in [-0.15, -0.1) is 0 Å². The van der Waals surface area contributed by atoms with Crippen molar-refractivity contribution in [2.24, 2.45) is 4.99 Å². The third kappa shape index (κ3) is 6.22. The molecule has 0 unspecified atom stereocenters. The predicted octanol–water partition coefficient (Wildman–Crippen LogP) is 4.70. The summed E-state index contributed by atoms with van der Waals surface area (Å²) in [5, 5.41) is 10.5. The highest BCUT2D eigenvalue weighted by molar-refractivity contribution is 7.92. The summed E-state index contributed by atoms with van der Waals surface area (Å²) in [7, 11) is -3.82. The minimum atomic E-state index is -3.82. The van der Waals surface area contributed by atoms with Gasteiger partial charge in [-0.05, 0) is 47.5 Å². The van der Waals surface area contributed by atoms with Crippen molar-refractivity contribution in [2.75, 3.05) is 4.72 Å². The van der Waals surface area contributed by atoms with Gasteiger partial charge < -0.3 is 0 Å². The van der Waals surface area contributed by atoms with E-state index < -0.39 is 10.0 Å². The van der Waals surface area contributed by atoms with Gasteiger partial charge in [0.05, 0.1) is 17.1 Å². The van der Waals surface area contributed by atoms with Crippen molar-refractivity contribution in [1.29, 1.82) is 5.26 Å². The van der Waals surface area contributed by atoms with Crippen molar-refractivity contribution in [3.05, 3.63) is 109 Å². The van der Waals surface area contributed by atoms with Crippen LogP contribution in [-0.2, 0) is 16.6 Å². The van der Waals surface area contributed by atoms with Crippen molar-refractivity contribution < 1.29 is 8.42 Å². The van der Waals surface area contributed by atoms with Gasteiger partial charge in [-0.2, -0.15) is 5.26 Å². The molecule has 0 amide bonds. The Hall–Kier alpha value is -4.68. The molecule has 0 spiro atoms. The molecule has 0 aliphatic rings. The summed E-state index contributed by atoms with van der Waals surface area (Å²) >= 11 is 0. The van der Waals surface area contributed by atoms with E-state index in [-0.39, 0.29) is 4.90 Å². The predicted molar refractivity (Wildman–Crippen MR) is 136 cm³/mol. The fourth-order valence-corrected chi connectivity index (χ4v) is 4.67. The summed E-state index contributed by atoms with van der Waals surface area (Å²) in [5.74, 6) is 0. The Morgan fingerprint density at radius 1 is 0.943 bits per heavy atom. The number of anilines is 1. The smallest absolute Gasteiger partial charge is 0.262 e. The molecule has 0 saturated carbocycles. The van der Waals surface area contributed by atoms with Crippen LogP contribution >= 0.6 is 0 Å². The molecule has 4 rings (SSSR count). The molecule has 2 N–H and O–H groups in total. The minimum Gasteiger partial charge on any atom is -0.280 e. The number of nitrogens with one attached hydrogen (secondary N) is 2. The average molecular weight is 483 g/mol. The van der Waals surface area contributed by atoms with Gasteiger partial charge in [-0.1, -0.05) is 54.6 Å². The molecule has 174 valence electrons. The molecular weight excluding hydrogens is 460 g/mol. The molecule has 4 aromatic rings. The maximum Gasteiger partial charge on any atom is 0.262 e. The van der Waals surface area contributed by atoms with Crippen LogP contribution in [0.4, 0.5) is 11.4 Å². The second kappa shape index (κ2) is 11.0. The summed E-state index contributed by atoms with van der Waals surface area (Å²) in [6, 6.07) is 26.6. The summed E-state index contributed by atoms with van der Waals surface area (Å²) < 4.78 is 28.9. The van der Waals surface area contributed by atoms with Crippen LogP contribution < -0.4 is 10.1 Å². The van der Waals surface area contributed by atoms with Crippen LogP contribution in [0, 0.1) is 11.5 Å². The first-order chi connectivity index (χ1) is 17.0. The standard InChI is InChI=1S/C26H22N6O2S/c27-19-30-32(18-21-7-6-16-28-17-21)20-29-23-12-14-24(15-13-23)31-35(33,34)26-11-5-4-10-25(26)22-8-2-1-3-9-22/h1-17,20,30-31H,18H2/b29-20-. The molecule has 0 atom stereocenters. The largest absolute Gasteiger partial charge is 0.280 e. The molecule has 3 aromatic carbocycles. The fourth-order valence-electron chi connectivity index (χ4n) is 3.38. The topological polar surface area (TPSA) is 110 Å². The van der Waals surface area contributed by atoms with E-state index >= 15 is 0 Å². The Labute approximate surface area is 204 Å². The van der Waals surface area contributed by atoms with Crippen LogP contribution in [0.5, 0.6) is 0 Å². The number of hydrogen-bond donors (Lipinski definition) is 2. The van der Waals surface area contributed by atoms with Crippen molar-refractivity contribution in [3.8, 4) is 17.3 Å². The molecule has 0 fully saturated rings. The van der Waals surface area contributed by atoms with E-state index in [9.17, 15) is 8.42 Å². The van der Waals surface area contributed by atoms with Gasteiger partial charge in [0.1, 0.15) is 6.34 Å². The van der Waals surface area contributed by atoms with Gasteiger partial charge >= 0.3 is 0 Å². The van der Waals surface area contributed by atoms with Gasteiger partial charge in [-0.3, -0.25) is 14.7 Å². The van der Waals surface area contributed by atoms with Crippen LogP contribution in [0.2, 0.25) is 0 Å². The first kappa shape index (κ1) is 23.5. The molecule has 9 heteroatoms. The Bertz CT molecular complexity index is 1430. The van der Waals surface area contributed by atoms with E-state index in [1.807, 2.05) is 54.7 Å². The number of benzene rings is 3. The summed E-state index contributed by atoms with van der Waals surface area (Å²) in [6.07, 6.45) is 6.75. The van der Waals surface area contributed by atoms with E-state index in [1.165, 1.54) is 11.3 Å².